The zero-order chi connectivity index (χ0) is 14.9. The topological polar surface area (TPSA) is 43.8 Å². The molecular formula is C14H16Cl2FN3. The number of nitrogens with zero attached hydrogens (tertiary/aromatic N) is 2. The third-order valence-corrected chi connectivity index (χ3v) is 4.05. The summed E-state index contributed by atoms with van der Waals surface area (Å²) in [6.45, 7) is 4.56. The van der Waals surface area contributed by atoms with Crippen LogP contribution in [0.15, 0.2) is 18.2 Å². The van der Waals surface area contributed by atoms with Gasteiger partial charge in [0, 0.05) is 24.0 Å². The van der Waals surface area contributed by atoms with Crippen molar-refractivity contribution >= 4 is 23.2 Å². The van der Waals surface area contributed by atoms with Crippen LogP contribution in [0.4, 0.5) is 4.39 Å². The van der Waals surface area contributed by atoms with Crippen molar-refractivity contribution in [2.75, 3.05) is 0 Å². The summed E-state index contributed by atoms with van der Waals surface area (Å²) in [5.41, 5.74) is 8.53. The van der Waals surface area contributed by atoms with Gasteiger partial charge in [-0.05, 0) is 31.5 Å². The van der Waals surface area contributed by atoms with Crippen LogP contribution in [0.2, 0.25) is 10.0 Å². The summed E-state index contributed by atoms with van der Waals surface area (Å²) in [5.74, 6) is -0.376. The number of nitrogens with two attached hydrogens (primary N) is 1. The Labute approximate surface area is 127 Å². The second-order valence-electron chi connectivity index (χ2n) is 4.64. The highest BCUT2D eigenvalue weighted by molar-refractivity contribution is 6.32. The van der Waals surface area contributed by atoms with Gasteiger partial charge in [-0.25, -0.2) is 4.39 Å². The first-order valence-corrected chi connectivity index (χ1v) is 7.12. The van der Waals surface area contributed by atoms with Crippen LogP contribution >= 0.6 is 23.2 Å². The van der Waals surface area contributed by atoms with Crippen LogP contribution in [0.25, 0.3) is 0 Å². The monoisotopic (exact) mass is 315 g/mol. The number of halogens is 3. The van der Waals surface area contributed by atoms with Gasteiger partial charge in [0.2, 0.25) is 0 Å². The van der Waals surface area contributed by atoms with Crippen LogP contribution in [-0.2, 0) is 13.0 Å². The number of hydrogen-bond donors (Lipinski definition) is 1. The summed E-state index contributed by atoms with van der Waals surface area (Å²) in [5, 5.41) is 5.30. The van der Waals surface area contributed by atoms with E-state index in [0.29, 0.717) is 28.6 Å². The van der Waals surface area contributed by atoms with Crippen LogP contribution in [-0.4, -0.2) is 9.78 Å². The molecule has 1 aromatic heterocycles. The second-order valence-corrected chi connectivity index (χ2v) is 5.42. The zero-order valence-electron chi connectivity index (χ0n) is 11.3. The van der Waals surface area contributed by atoms with E-state index >= 15 is 0 Å². The molecule has 1 atom stereocenters. The molecule has 0 bridgehead atoms. The first kappa shape index (κ1) is 15.3. The third kappa shape index (κ3) is 2.97. The van der Waals surface area contributed by atoms with Gasteiger partial charge in [0.1, 0.15) is 5.82 Å². The van der Waals surface area contributed by atoms with Gasteiger partial charge in [0.05, 0.1) is 16.4 Å². The predicted octanol–water partition coefficient (Wildman–Crippen LogP) is 3.90. The summed E-state index contributed by atoms with van der Waals surface area (Å²) in [6.07, 6.45) is 0.499. The Kier molecular flexibility index (Phi) is 4.68. The maximum Gasteiger partial charge on any atom is 0.124 e. The molecule has 1 unspecified atom stereocenters. The lowest BCUT2D eigenvalue weighted by molar-refractivity contribution is 0.585. The molecule has 1 aromatic carbocycles. The molecule has 0 spiro atoms. The van der Waals surface area contributed by atoms with Gasteiger partial charge in [-0.15, -0.1) is 0 Å². The molecule has 1 heterocycles. The quantitative estimate of drug-likeness (QED) is 0.929. The summed E-state index contributed by atoms with van der Waals surface area (Å²) >= 11 is 12.3. The molecule has 0 saturated carbocycles. The molecule has 0 fully saturated rings. The van der Waals surface area contributed by atoms with Crippen molar-refractivity contribution in [2.45, 2.75) is 32.9 Å². The van der Waals surface area contributed by atoms with Crippen molar-refractivity contribution in [3.8, 4) is 0 Å². The van der Waals surface area contributed by atoms with Crippen molar-refractivity contribution in [1.29, 1.82) is 0 Å². The van der Waals surface area contributed by atoms with Crippen molar-refractivity contribution < 1.29 is 4.39 Å². The van der Waals surface area contributed by atoms with Crippen molar-refractivity contribution in [1.82, 2.24) is 9.78 Å². The van der Waals surface area contributed by atoms with Crippen LogP contribution < -0.4 is 5.73 Å². The zero-order valence-corrected chi connectivity index (χ0v) is 12.8. The Bertz CT molecular complexity index is 625. The minimum Gasteiger partial charge on any atom is -0.324 e. The van der Waals surface area contributed by atoms with Crippen LogP contribution in [0.5, 0.6) is 0 Å². The molecule has 2 rings (SSSR count). The average Bonchev–Trinajstić information content (AvgIpc) is 2.66. The Hall–Kier alpha value is -1.10. The smallest absolute Gasteiger partial charge is 0.124 e. The highest BCUT2D eigenvalue weighted by Gasteiger charge is 2.18. The standard InChI is InChI=1S/C14H16Cl2FN3/c1-3-20-13(14(16)8(2)19-20)7-12(18)10-5-4-9(17)6-11(10)15/h4-6,12H,3,7,18H2,1-2H3. The third-order valence-electron chi connectivity index (χ3n) is 3.23. The summed E-state index contributed by atoms with van der Waals surface area (Å²) in [7, 11) is 0. The number of hydrogen-bond acceptors (Lipinski definition) is 2. The van der Waals surface area contributed by atoms with E-state index in [1.165, 1.54) is 12.1 Å². The van der Waals surface area contributed by atoms with Gasteiger partial charge < -0.3 is 5.73 Å². The first-order chi connectivity index (χ1) is 9.43. The van der Waals surface area contributed by atoms with E-state index in [4.69, 9.17) is 28.9 Å². The van der Waals surface area contributed by atoms with Gasteiger partial charge in [-0.2, -0.15) is 5.10 Å². The van der Waals surface area contributed by atoms with E-state index in [-0.39, 0.29) is 11.9 Å². The fourth-order valence-corrected chi connectivity index (χ4v) is 2.70. The number of benzene rings is 1. The summed E-state index contributed by atoms with van der Waals surface area (Å²) in [4.78, 5) is 0. The fourth-order valence-electron chi connectivity index (χ4n) is 2.18. The summed E-state index contributed by atoms with van der Waals surface area (Å²) < 4.78 is 14.9. The largest absolute Gasteiger partial charge is 0.324 e. The molecule has 0 aliphatic carbocycles. The van der Waals surface area contributed by atoms with Gasteiger partial charge in [0.15, 0.2) is 0 Å². The molecule has 3 nitrogen and oxygen atoms in total. The molecule has 0 saturated heterocycles. The van der Waals surface area contributed by atoms with Gasteiger partial charge in [-0.1, -0.05) is 29.3 Å². The lowest BCUT2D eigenvalue weighted by Crippen LogP contribution is -2.17. The Balaban J connectivity index is 2.30. The lowest BCUT2D eigenvalue weighted by Gasteiger charge is -2.15. The van der Waals surface area contributed by atoms with E-state index < -0.39 is 0 Å². The Morgan fingerprint density at radius 1 is 1.40 bits per heavy atom. The number of aromatic nitrogens is 2. The van der Waals surface area contributed by atoms with E-state index in [9.17, 15) is 4.39 Å². The molecule has 0 aliphatic heterocycles. The van der Waals surface area contributed by atoms with Gasteiger partial charge in [0.25, 0.3) is 0 Å². The van der Waals surface area contributed by atoms with Crippen molar-refractivity contribution in [2.24, 2.45) is 5.73 Å². The van der Waals surface area contributed by atoms with Gasteiger partial charge >= 0.3 is 0 Å². The predicted molar refractivity (Wildman–Crippen MR) is 79.7 cm³/mol. The fraction of sp³-hybridized carbons (Fsp3) is 0.357. The van der Waals surface area contributed by atoms with Crippen molar-refractivity contribution in [3.63, 3.8) is 0 Å². The Morgan fingerprint density at radius 2 is 2.10 bits per heavy atom. The maximum absolute atomic E-state index is 13.1. The second kappa shape index (κ2) is 6.12. The highest BCUT2D eigenvalue weighted by Crippen LogP contribution is 2.28. The van der Waals surface area contributed by atoms with E-state index in [2.05, 4.69) is 5.10 Å². The average molecular weight is 316 g/mol. The summed E-state index contributed by atoms with van der Waals surface area (Å²) in [6, 6.07) is 3.86. The normalized spacial score (nSPS) is 12.7. The minimum absolute atomic E-state index is 0.327. The maximum atomic E-state index is 13.1. The molecule has 2 aromatic rings. The first-order valence-electron chi connectivity index (χ1n) is 6.36. The number of rotatable bonds is 4. The molecular weight excluding hydrogens is 300 g/mol. The SMILES string of the molecule is CCn1nc(C)c(Cl)c1CC(N)c1ccc(F)cc1Cl. The van der Waals surface area contributed by atoms with Gasteiger partial charge in [-0.3, -0.25) is 4.68 Å². The van der Waals surface area contributed by atoms with Crippen LogP contribution in [0.3, 0.4) is 0 Å². The van der Waals surface area contributed by atoms with E-state index in [0.717, 1.165) is 11.4 Å². The number of aryl methyl sites for hydroxylation is 2. The van der Waals surface area contributed by atoms with Crippen molar-refractivity contribution in [3.05, 3.63) is 51.0 Å². The van der Waals surface area contributed by atoms with E-state index in [1.54, 1.807) is 6.07 Å². The molecule has 6 heteroatoms. The molecule has 20 heavy (non-hydrogen) atoms. The highest BCUT2D eigenvalue weighted by atomic mass is 35.5. The minimum atomic E-state index is -0.376. The van der Waals surface area contributed by atoms with E-state index in [1.807, 2.05) is 18.5 Å². The Morgan fingerprint density at radius 3 is 2.70 bits per heavy atom. The lowest BCUT2D eigenvalue weighted by atomic mass is 10.0. The van der Waals surface area contributed by atoms with Crippen LogP contribution in [0, 0.1) is 12.7 Å². The molecule has 108 valence electrons. The molecule has 0 amide bonds. The molecule has 2 N–H and O–H groups in total. The molecule has 0 radical (unpaired) electrons. The van der Waals surface area contributed by atoms with Crippen LogP contribution in [0.1, 0.15) is 29.9 Å². The molecule has 0 aliphatic rings.